The molecule has 3 N–H and O–H groups in total. The molecule has 0 aliphatic heterocycles. The highest BCUT2D eigenvalue weighted by Crippen LogP contribution is 2.33. The number of nitrogens with zero attached hydrogens (tertiary/aromatic N) is 1. The first-order valence-corrected chi connectivity index (χ1v) is 8.41. The fourth-order valence-corrected chi connectivity index (χ4v) is 3.05. The average molecular weight is 462 g/mol. The highest BCUT2D eigenvalue weighted by molar-refractivity contribution is 9.11. The Labute approximate surface area is 155 Å². The van der Waals surface area contributed by atoms with E-state index in [1.54, 1.807) is 36.4 Å². The van der Waals surface area contributed by atoms with Gasteiger partial charge in [0.05, 0.1) is 20.8 Å². The summed E-state index contributed by atoms with van der Waals surface area (Å²) in [5, 5.41) is 10.2. The van der Waals surface area contributed by atoms with Gasteiger partial charge in [0.15, 0.2) is 0 Å². The molecule has 0 aromatic heterocycles. The Balaban J connectivity index is 1.84. The van der Waals surface area contributed by atoms with Crippen LogP contribution in [0.1, 0.15) is 5.56 Å². The second-order valence-electron chi connectivity index (χ2n) is 4.49. The second kappa shape index (κ2) is 8.44. The van der Waals surface area contributed by atoms with Gasteiger partial charge in [-0.1, -0.05) is 11.6 Å². The summed E-state index contributed by atoms with van der Waals surface area (Å²) in [4.78, 5) is 15.7. The first kappa shape index (κ1) is 17.9. The highest BCUT2D eigenvalue weighted by atomic mass is 79.9. The smallest absolute Gasteiger partial charge is 0.276 e. The van der Waals surface area contributed by atoms with E-state index >= 15 is 0 Å². The zero-order valence-corrected chi connectivity index (χ0v) is 15.6. The van der Waals surface area contributed by atoms with Gasteiger partial charge in [-0.2, -0.15) is 0 Å². The van der Waals surface area contributed by atoms with Crippen molar-refractivity contribution in [1.29, 1.82) is 0 Å². The van der Waals surface area contributed by atoms with Gasteiger partial charge in [-0.3, -0.25) is 15.2 Å². The number of aromatic hydroxyl groups is 1. The van der Waals surface area contributed by atoms with Crippen molar-refractivity contribution in [3.63, 3.8) is 0 Å². The number of carbonyl (C=O) groups excluding carboxylic acids is 1. The van der Waals surface area contributed by atoms with E-state index in [-0.39, 0.29) is 11.7 Å². The minimum absolute atomic E-state index is 0.132. The van der Waals surface area contributed by atoms with Crippen LogP contribution in [0.5, 0.6) is 5.75 Å². The largest absolute Gasteiger partial charge is 0.506 e. The van der Waals surface area contributed by atoms with Crippen LogP contribution < -0.4 is 10.9 Å². The molecule has 120 valence electrons. The fraction of sp³-hybridized carbons (Fsp3) is 0.0667. The van der Waals surface area contributed by atoms with Gasteiger partial charge in [0.25, 0.3) is 5.91 Å². The standard InChI is InChI=1S/C15H12Br2ClN3O2/c16-12-5-9(6-13(17)15(12)23)7-20-21-14(22)8-19-11-3-1-10(18)2-4-11/h1-6,8,20,23H,7H2,(H,21,22). The van der Waals surface area contributed by atoms with Gasteiger partial charge in [0.1, 0.15) is 5.75 Å². The monoisotopic (exact) mass is 459 g/mol. The van der Waals surface area contributed by atoms with Crippen LogP contribution in [-0.2, 0) is 11.3 Å². The zero-order chi connectivity index (χ0) is 16.8. The summed E-state index contributed by atoms with van der Waals surface area (Å²) < 4.78 is 1.14. The Hall–Kier alpha value is -1.41. The van der Waals surface area contributed by atoms with Crippen molar-refractivity contribution < 1.29 is 9.90 Å². The highest BCUT2D eigenvalue weighted by Gasteiger charge is 2.06. The topological polar surface area (TPSA) is 73.7 Å². The molecule has 0 saturated heterocycles. The third-order valence-corrected chi connectivity index (χ3v) is 4.20. The molecule has 0 aliphatic carbocycles. The molecule has 8 heteroatoms. The molecule has 0 aliphatic rings. The maximum atomic E-state index is 11.7. The Morgan fingerprint density at radius 2 is 1.83 bits per heavy atom. The molecule has 0 radical (unpaired) electrons. The van der Waals surface area contributed by atoms with Gasteiger partial charge in [0.2, 0.25) is 0 Å². The molecule has 0 spiro atoms. The minimum Gasteiger partial charge on any atom is -0.506 e. The normalized spacial score (nSPS) is 10.9. The van der Waals surface area contributed by atoms with Crippen LogP contribution in [0.3, 0.4) is 0 Å². The maximum Gasteiger partial charge on any atom is 0.276 e. The van der Waals surface area contributed by atoms with Gasteiger partial charge in [-0.05, 0) is 73.8 Å². The predicted octanol–water partition coefficient (Wildman–Crippen LogP) is 4.09. The molecule has 2 rings (SSSR count). The summed E-state index contributed by atoms with van der Waals surface area (Å²) in [7, 11) is 0. The summed E-state index contributed by atoms with van der Waals surface area (Å²) in [5.41, 5.74) is 6.80. The second-order valence-corrected chi connectivity index (χ2v) is 6.63. The molecule has 2 aromatic carbocycles. The van der Waals surface area contributed by atoms with E-state index in [2.05, 4.69) is 47.7 Å². The van der Waals surface area contributed by atoms with E-state index in [4.69, 9.17) is 11.6 Å². The predicted molar refractivity (Wildman–Crippen MR) is 98.1 cm³/mol. The van der Waals surface area contributed by atoms with Crippen molar-refractivity contribution in [2.24, 2.45) is 4.99 Å². The summed E-state index contributed by atoms with van der Waals surface area (Å²) in [6, 6.07) is 10.3. The van der Waals surface area contributed by atoms with Crippen LogP contribution in [0.25, 0.3) is 0 Å². The summed E-state index contributed by atoms with van der Waals surface area (Å²) in [5.74, 6) is -0.246. The Kier molecular flexibility index (Phi) is 6.59. The van der Waals surface area contributed by atoms with Crippen molar-refractivity contribution in [3.8, 4) is 5.75 Å². The minimum atomic E-state index is -0.378. The third kappa shape index (κ3) is 5.62. The molecular weight excluding hydrogens is 449 g/mol. The molecule has 1 amide bonds. The van der Waals surface area contributed by atoms with Gasteiger partial charge in [-0.15, -0.1) is 0 Å². The number of carbonyl (C=O) groups is 1. The van der Waals surface area contributed by atoms with Gasteiger partial charge in [-0.25, -0.2) is 5.43 Å². The molecule has 0 saturated carbocycles. The molecule has 5 nitrogen and oxygen atoms in total. The third-order valence-electron chi connectivity index (χ3n) is 2.74. The number of amides is 1. The number of halogens is 3. The first-order chi connectivity index (χ1) is 11.0. The molecule has 0 bridgehead atoms. The first-order valence-electron chi connectivity index (χ1n) is 6.45. The lowest BCUT2D eigenvalue weighted by atomic mass is 10.2. The molecule has 23 heavy (non-hydrogen) atoms. The molecule has 2 aromatic rings. The number of phenolic OH excluding ortho intramolecular Hbond substituents is 1. The van der Waals surface area contributed by atoms with Crippen LogP contribution in [0.2, 0.25) is 5.02 Å². The molecule has 0 heterocycles. The number of rotatable bonds is 5. The van der Waals surface area contributed by atoms with Crippen LogP contribution in [0.4, 0.5) is 5.69 Å². The lowest BCUT2D eigenvalue weighted by Gasteiger charge is -2.08. The van der Waals surface area contributed by atoms with E-state index < -0.39 is 0 Å². The van der Waals surface area contributed by atoms with E-state index in [1.165, 1.54) is 6.21 Å². The maximum absolute atomic E-state index is 11.7. The number of phenols is 1. The van der Waals surface area contributed by atoms with Crippen molar-refractivity contribution >= 4 is 61.3 Å². The van der Waals surface area contributed by atoms with E-state index in [9.17, 15) is 9.90 Å². The van der Waals surface area contributed by atoms with Crippen LogP contribution in [-0.4, -0.2) is 17.2 Å². The number of hydrogen-bond donors (Lipinski definition) is 3. The Bertz CT molecular complexity index is 713. The van der Waals surface area contributed by atoms with Crippen LogP contribution in [0, 0.1) is 0 Å². The molecular formula is C15H12Br2ClN3O2. The van der Waals surface area contributed by atoms with Crippen molar-refractivity contribution in [2.75, 3.05) is 0 Å². The van der Waals surface area contributed by atoms with Crippen molar-refractivity contribution in [3.05, 3.63) is 55.9 Å². The lowest BCUT2D eigenvalue weighted by Crippen LogP contribution is -2.37. The van der Waals surface area contributed by atoms with Crippen LogP contribution in [0.15, 0.2) is 50.3 Å². The Morgan fingerprint density at radius 1 is 1.22 bits per heavy atom. The van der Waals surface area contributed by atoms with Crippen molar-refractivity contribution in [1.82, 2.24) is 10.9 Å². The molecule has 0 atom stereocenters. The van der Waals surface area contributed by atoms with Gasteiger partial charge < -0.3 is 5.11 Å². The number of aliphatic imine (C=N–C) groups is 1. The van der Waals surface area contributed by atoms with E-state index in [0.29, 0.717) is 26.2 Å². The molecule has 0 unspecified atom stereocenters. The summed E-state index contributed by atoms with van der Waals surface area (Å²) in [6.45, 7) is 0.387. The fourth-order valence-electron chi connectivity index (χ4n) is 1.65. The average Bonchev–Trinajstić information content (AvgIpc) is 2.52. The number of hydrogen-bond acceptors (Lipinski definition) is 4. The van der Waals surface area contributed by atoms with Gasteiger partial charge in [0, 0.05) is 11.6 Å². The van der Waals surface area contributed by atoms with Crippen molar-refractivity contribution in [2.45, 2.75) is 6.54 Å². The summed E-state index contributed by atoms with van der Waals surface area (Å²) in [6.07, 6.45) is 1.18. The SMILES string of the molecule is O=C(C=Nc1ccc(Cl)cc1)NNCc1cc(Br)c(O)c(Br)c1. The number of nitrogens with one attached hydrogen (secondary N) is 2. The summed E-state index contributed by atoms with van der Waals surface area (Å²) >= 11 is 12.3. The molecule has 0 fully saturated rings. The van der Waals surface area contributed by atoms with Gasteiger partial charge >= 0.3 is 0 Å². The van der Waals surface area contributed by atoms with E-state index in [0.717, 1.165) is 5.56 Å². The number of hydrazine groups is 1. The quantitative estimate of drug-likeness (QED) is 0.464. The lowest BCUT2D eigenvalue weighted by molar-refractivity contribution is -0.115. The number of benzene rings is 2. The van der Waals surface area contributed by atoms with Crippen LogP contribution >= 0.6 is 43.5 Å². The van der Waals surface area contributed by atoms with E-state index in [1.807, 2.05) is 0 Å². The zero-order valence-electron chi connectivity index (χ0n) is 11.7. The Morgan fingerprint density at radius 3 is 2.43 bits per heavy atom.